The Morgan fingerprint density at radius 3 is 2.38 bits per heavy atom. The first-order valence-corrected chi connectivity index (χ1v) is 12.5. The zero-order valence-corrected chi connectivity index (χ0v) is 25.4. The van der Waals surface area contributed by atoms with E-state index in [4.69, 9.17) is 9.47 Å². The maximum Gasteiger partial charge on any atom is 1.00 e. The molecular formula is C27H27KN2O6S. The van der Waals surface area contributed by atoms with Crippen molar-refractivity contribution in [2.75, 3.05) is 18.5 Å². The minimum Gasteiger partial charge on any atom is -0.870 e. The van der Waals surface area contributed by atoms with Crippen LogP contribution in [-0.4, -0.2) is 30.9 Å². The molecule has 0 amide bonds. The fourth-order valence-corrected chi connectivity index (χ4v) is 5.10. The minimum absolute atomic E-state index is 0. The average Bonchev–Trinajstić information content (AvgIpc) is 3.22. The number of allylic oxidation sites excluding steroid dienone is 1. The van der Waals surface area contributed by atoms with Crippen molar-refractivity contribution in [1.82, 2.24) is 0 Å². The van der Waals surface area contributed by atoms with Crippen LogP contribution in [0, 0.1) is 18.3 Å². The molecule has 0 bridgehead atoms. The van der Waals surface area contributed by atoms with Gasteiger partial charge in [0, 0.05) is 22.2 Å². The first kappa shape index (κ1) is 31.0. The van der Waals surface area contributed by atoms with E-state index in [0.717, 1.165) is 41.3 Å². The predicted molar refractivity (Wildman–Crippen MR) is 133 cm³/mol. The fraction of sp³-hybridized carbons (Fsp3) is 0.333. The van der Waals surface area contributed by atoms with Crippen LogP contribution < -0.4 is 61.8 Å². The number of thiophene rings is 1. The fourth-order valence-electron chi connectivity index (χ4n) is 3.81. The molecule has 0 aliphatic heterocycles. The summed E-state index contributed by atoms with van der Waals surface area (Å²) in [5, 5.41) is 26.1. The van der Waals surface area contributed by atoms with Crippen LogP contribution in [0.15, 0.2) is 47.4 Å². The zero-order chi connectivity index (χ0) is 26.2. The normalized spacial score (nSPS) is 13.3. The molecule has 1 aromatic heterocycles. The quantitative estimate of drug-likeness (QED) is 0.0938. The third-order valence-corrected chi connectivity index (χ3v) is 6.78. The van der Waals surface area contributed by atoms with Gasteiger partial charge in [0.25, 0.3) is 0 Å². The van der Waals surface area contributed by atoms with Crippen LogP contribution in [0.3, 0.4) is 0 Å². The molecule has 0 radical (unpaired) electrons. The maximum absolute atomic E-state index is 13.3. The number of nitrogens with zero attached hydrogens (tertiary/aromatic N) is 1. The predicted octanol–water partition coefficient (Wildman–Crippen LogP) is 0.996. The monoisotopic (exact) mass is 546 g/mol. The number of esters is 2. The van der Waals surface area contributed by atoms with Gasteiger partial charge in [-0.2, -0.15) is 5.26 Å². The van der Waals surface area contributed by atoms with E-state index in [0.29, 0.717) is 22.5 Å². The standard InChI is InChI=1S/C27H28N2O6S.K/c1-4-34-26(32)19(15-28)24(31)20(14-21(30)17-12-10-16(3)11-13-17)29-25-23(27(33)35-5-2)18-8-6-7-9-22(18)36-25;/h10-14,29,31H,4-9H2,1-3H3;/q;+1/p-1/b20-14-,24-19-;. The topological polar surface area (TPSA) is 129 Å². The number of hydrogen-bond acceptors (Lipinski definition) is 9. The van der Waals surface area contributed by atoms with Crippen LogP contribution in [0.5, 0.6) is 0 Å². The second-order valence-electron chi connectivity index (χ2n) is 8.09. The number of ether oxygens (including phenoxy) is 2. The Morgan fingerprint density at radius 1 is 1.11 bits per heavy atom. The van der Waals surface area contributed by atoms with Crippen molar-refractivity contribution in [3.8, 4) is 6.07 Å². The number of ketones is 1. The van der Waals surface area contributed by atoms with E-state index in [-0.39, 0.29) is 70.3 Å². The molecule has 10 heteroatoms. The van der Waals surface area contributed by atoms with Crippen molar-refractivity contribution in [3.63, 3.8) is 0 Å². The minimum atomic E-state index is -1.09. The van der Waals surface area contributed by atoms with Crippen molar-refractivity contribution in [3.05, 3.63) is 74.5 Å². The molecule has 0 spiro atoms. The van der Waals surface area contributed by atoms with Gasteiger partial charge >= 0.3 is 63.3 Å². The number of carbonyl (C=O) groups is 3. The SMILES string of the molecule is CCOC(=O)/C(C#N)=C([O-])/C(=C/C(=O)c1ccc(C)cc1)Nc1sc2c(c1C(=O)OCC)CCCC2.[K+]. The first-order chi connectivity index (χ1) is 17.3. The van der Waals surface area contributed by atoms with Gasteiger partial charge in [-0.05, 0) is 52.0 Å². The van der Waals surface area contributed by atoms with Crippen LogP contribution in [0.4, 0.5) is 5.00 Å². The van der Waals surface area contributed by atoms with Crippen LogP contribution in [0.1, 0.15) is 63.4 Å². The molecule has 1 aliphatic rings. The van der Waals surface area contributed by atoms with E-state index in [2.05, 4.69) is 5.32 Å². The summed E-state index contributed by atoms with van der Waals surface area (Å²) >= 11 is 1.30. The summed E-state index contributed by atoms with van der Waals surface area (Å²) in [7, 11) is 0. The van der Waals surface area contributed by atoms with Crippen LogP contribution in [0.2, 0.25) is 0 Å². The molecule has 0 fully saturated rings. The molecule has 188 valence electrons. The number of aryl methyl sites for hydroxylation is 2. The molecule has 0 saturated heterocycles. The Kier molecular flexibility index (Phi) is 12.2. The Bertz CT molecular complexity index is 1270. The van der Waals surface area contributed by atoms with Crippen molar-refractivity contribution in [2.45, 2.75) is 46.5 Å². The Balaban J connectivity index is 0.00000481. The zero-order valence-electron chi connectivity index (χ0n) is 21.4. The van der Waals surface area contributed by atoms with Gasteiger partial charge in [-0.1, -0.05) is 35.6 Å². The number of rotatable bonds is 9. The molecule has 37 heavy (non-hydrogen) atoms. The van der Waals surface area contributed by atoms with Gasteiger partial charge in [0.15, 0.2) is 5.78 Å². The van der Waals surface area contributed by atoms with E-state index in [9.17, 15) is 24.8 Å². The number of carbonyl (C=O) groups excluding carboxylic acids is 3. The van der Waals surface area contributed by atoms with Gasteiger partial charge in [0.2, 0.25) is 0 Å². The van der Waals surface area contributed by atoms with Gasteiger partial charge in [0.05, 0.1) is 18.8 Å². The van der Waals surface area contributed by atoms with Crippen molar-refractivity contribution in [1.29, 1.82) is 5.26 Å². The Hall–Kier alpha value is -2.26. The summed E-state index contributed by atoms with van der Waals surface area (Å²) in [4.78, 5) is 39.1. The first-order valence-electron chi connectivity index (χ1n) is 11.7. The van der Waals surface area contributed by atoms with Gasteiger partial charge in [0.1, 0.15) is 16.6 Å². The average molecular weight is 547 g/mol. The van der Waals surface area contributed by atoms with Gasteiger partial charge < -0.3 is 19.9 Å². The largest absolute Gasteiger partial charge is 1.00 e. The van der Waals surface area contributed by atoms with E-state index in [1.807, 2.05) is 6.92 Å². The van der Waals surface area contributed by atoms with Gasteiger partial charge in [-0.15, -0.1) is 11.3 Å². The molecule has 1 N–H and O–H groups in total. The molecule has 3 rings (SSSR count). The second-order valence-corrected chi connectivity index (χ2v) is 9.19. The molecule has 0 unspecified atom stereocenters. The number of nitriles is 1. The third kappa shape index (κ3) is 7.63. The van der Waals surface area contributed by atoms with Crippen LogP contribution >= 0.6 is 11.3 Å². The molecule has 1 aliphatic carbocycles. The van der Waals surface area contributed by atoms with Crippen LogP contribution in [0.25, 0.3) is 0 Å². The molecule has 8 nitrogen and oxygen atoms in total. The van der Waals surface area contributed by atoms with Crippen LogP contribution in [-0.2, 0) is 27.1 Å². The number of fused-ring (bicyclic) bond motifs is 1. The number of benzene rings is 1. The summed E-state index contributed by atoms with van der Waals surface area (Å²) in [5.74, 6) is -3.13. The summed E-state index contributed by atoms with van der Waals surface area (Å²) in [6.45, 7) is 5.27. The Morgan fingerprint density at radius 2 is 1.76 bits per heavy atom. The molecular weight excluding hydrogens is 519 g/mol. The summed E-state index contributed by atoms with van der Waals surface area (Å²) in [5.41, 5.74) is 1.36. The summed E-state index contributed by atoms with van der Waals surface area (Å²) < 4.78 is 10.1. The molecule has 1 heterocycles. The third-order valence-electron chi connectivity index (χ3n) is 5.57. The number of hydrogen-bond donors (Lipinski definition) is 1. The molecule has 0 atom stereocenters. The Labute approximate surface area is 262 Å². The molecule has 2 aromatic rings. The molecule has 0 saturated carbocycles. The van der Waals surface area contributed by atoms with Crippen molar-refractivity contribution >= 4 is 34.1 Å². The van der Waals surface area contributed by atoms with E-state index < -0.39 is 29.1 Å². The van der Waals surface area contributed by atoms with E-state index in [1.165, 1.54) is 11.3 Å². The van der Waals surface area contributed by atoms with Crippen molar-refractivity contribution in [2.24, 2.45) is 0 Å². The molecule has 1 aromatic carbocycles. The van der Waals surface area contributed by atoms with Gasteiger partial charge in [-0.3, -0.25) is 4.79 Å². The number of anilines is 1. The van der Waals surface area contributed by atoms with E-state index in [1.54, 1.807) is 44.2 Å². The second kappa shape index (κ2) is 14.6. The number of nitrogens with one attached hydrogen (secondary N) is 1. The smallest absolute Gasteiger partial charge is 0.870 e. The summed E-state index contributed by atoms with van der Waals surface area (Å²) in [6, 6.07) is 8.34. The maximum atomic E-state index is 13.3. The summed E-state index contributed by atoms with van der Waals surface area (Å²) in [6.07, 6.45) is 4.39. The van der Waals surface area contributed by atoms with E-state index >= 15 is 0 Å². The van der Waals surface area contributed by atoms with Gasteiger partial charge in [-0.25, -0.2) is 9.59 Å². The van der Waals surface area contributed by atoms with Crippen molar-refractivity contribution < 1.29 is 80.3 Å².